The molecule has 7 heteroatoms. The summed E-state index contributed by atoms with van der Waals surface area (Å²) in [4.78, 5) is 37.4. The maximum Gasteiger partial charge on any atom is 0.326 e. The van der Waals surface area contributed by atoms with Gasteiger partial charge in [-0.3, -0.25) is 19.3 Å². The van der Waals surface area contributed by atoms with E-state index in [1.807, 2.05) is 13.8 Å². The third-order valence-corrected chi connectivity index (χ3v) is 4.46. The normalized spacial score (nSPS) is 17.1. The van der Waals surface area contributed by atoms with Crippen LogP contribution in [-0.4, -0.2) is 41.3 Å². The molecule has 0 radical (unpaired) electrons. The Morgan fingerprint density at radius 3 is 2.52 bits per heavy atom. The second-order valence-corrected chi connectivity index (χ2v) is 6.47. The molecular weight excluding hydrogens is 342 g/mol. The maximum atomic E-state index is 12.4. The molecule has 1 aliphatic heterocycles. The predicted octanol–water partition coefficient (Wildman–Crippen LogP) is 3.46. The van der Waals surface area contributed by atoms with Crippen LogP contribution in [0.25, 0.3) is 6.08 Å². The van der Waals surface area contributed by atoms with Gasteiger partial charge in [-0.15, -0.1) is 0 Å². The Balaban J connectivity index is 2.05. The van der Waals surface area contributed by atoms with Crippen molar-refractivity contribution in [3.63, 3.8) is 0 Å². The monoisotopic (exact) mass is 363 g/mol. The van der Waals surface area contributed by atoms with E-state index in [9.17, 15) is 14.4 Å². The van der Waals surface area contributed by atoms with Crippen LogP contribution in [-0.2, 0) is 14.3 Å². The van der Waals surface area contributed by atoms with E-state index in [2.05, 4.69) is 0 Å². The van der Waals surface area contributed by atoms with Gasteiger partial charge in [0.1, 0.15) is 12.3 Å². The van der Waals surface area contributed by atoms with E-state index < -0.39 is 17.1 Å². The summed E-state index contributed by atoms with van der Waals surface area (Å²) in [5.41, 5.74) is 0.774. The molecular formula is C18H21NO5S. The van der Waals surface area contributed by atoms with Crippen molar-refractivity contribution in [2.45, 2.75) is 33.3 Å². The van der Waals surface area contributed by atoms with Crippen LogP contribution >= 0.6 is 11.8 Å². The molecule has 0 aliphatic carbocycles. The van der Waals surface area contributed by atoms with E-state index >= 15 is 0 Å². The minimum absolute atomic E-state index is 0.244. The number of hydrogen-bond acceptors (Lipinski definition) is 6. The van der Waals surface area contributed by atoms with Crippen LogP contribution in [0.3, 0.4) is 0 Å². The standard InChI is InChI=1S/C18H21NO5S/c1-4-12(3)24-16(20)11-19-17(21)15(25-18(19)22)10-13-6-8-14(9-7-13)23-5-2/h6-10,12H,4-5,11H2,1-3H3/b15-10+/t12-/m1/s1. The molecule has 1 atom stereocenters. The van der Waals surface area contributed by atoms with Gasteiger partial charge in [-0.25, -0.2) is 0 Å². The van der Waals surface area contributed by atoms with E-state index in [-0.39, 0.29) is 17.6 Å². The summed E-state index contributed by atoms with van der Waals surface area (Å²) in [5.74, 6) is -0.329. The summed E-state index contributed by atoms with van der Waals surface area (Å²) < 4.78 is 10.5. The molecule has 2 rings (SSSR count). The molecule has 1 aliphatic rings. The van der Waals surface area contributed by atoms with Gasteiger partial charge in [0.05, 0.1) is 17.6 Å². The third-order valence-electron chi connectivity index (χ3n) is 3.56. The highest BCUT2D eigenvalue weighted by Gasteiger charge is 2.36. The van der Waals surface area contributed by atoms with Crippen LogP contribution < -0.4 is 4.74 Å². The Kier molecular flexibility index (Phi) is 6.64. The van der Waals surface area contributed by atoms with E-state index in [1.54, 1.807) is 37.3 Å². The zero-order chi connectivity index (χ0) is 18.4. The number of hydrogen-bond donors (Lipinski definition) is 0. The molecule has 0 N–H and O–H groups in total. The average Bonchev–Trinajstić information content (AvgIpc) is 2.84. The van der Waals surface area contributed by atoms with Gasteiger partial charge in [-0.05, 0) is 55.8 Å². The fourth-order valence-corrected chi connectivity index (χ4v) is 2.93. The van der Waals surface area contributed by atoms with Crippen molar-refractivity contribution in [1.82, 2.24) is 4.90 Å². The number of carbonyl (C=O) groups excluding carboxylic acids is 3. The Labute approximate surface area is 151 Å². The summed E-state index contributed by atoms with van der Waals surface area (Å²) in [6.45, 7) is 5.76. The number of benzene rings is 1. The van der Waals surface area contributed by atoms with E-state index in [1.165, 1.54) is 0 Å². The maximum absolute atomic E-state index is 12.4. The van der Waals surface area contributed by atoms with Gasteiger partial charge < -0.3 is 9.47 Å². The summed E-state index contributed by atoms with van der Waals surface area (Å²) in [7, 11) is 0. The quantitative estimate of drug-likeness (QED) is 0.546. The topological polar surface area (TPSA) is 72.9 Å². The second kappa shape index (κ2) is 8.71. The van der Waals surface area contributed by atoms with Crippen LogP contribution in [0.4, 0.5) is 4.79 Å². The third kappa shape index (κ3) is 5.09. The molecule has 1 fully saturated rings. The first-order chi connectivity index (χ1) is 11.9. The molecule has 1 aromatic rings. The lowest BCUT2D eigenvalue weighted by Gasteiger charge is -2.14. The van der Waals surface area contributed by atoms with Crippen molar-refractivity contribution in [2.75, 3.05) is 13.2 Å². The van der Waals surface area contributed by atoms with Gasteiger partial charge in [0, 0.05) is 0 Å². The number of thioether (sulfide) groups is 1. The number of ether oxygens (including phenoxy) is 2. The number of carbonyl (C=O) groups is 3. The summed E-state index contributed by atoms with van der Waals surface area (Å²) in [6, 6.07) is 7.19. The zero-order valence-electron chi connectivity index (χ0n) is 14.5. The van der Waals surface area contributed by atoms with Crippen molar-refractivity contribution < 1.29 is 23.9 Å². The second-order valence-electron chi connectivity index (χ2n) is 5.48. The number of nitrogens with zero attached hydrogens (tertiary/aromatic N) is 1. The van der Waals surface area contributed by atoms with Crippen LogP contribution in [0.2, 0.25) is 0 Å². The zero-order valence-corrected chi connectivity index (χ0v) is 15.3. The van der Waals surface area contributed by atoms with Crippen LogP contribution in [0.1, 0.15) is 32.8 Å². The van der Waals surface area contributed by atoms with Gasteiger partial charge in [0.15, 0.2) is 0 Å². The van der Waals surface area contributed by atoms with E-state index in [0.29, 0.717) is 13.0 Å². The fraction of sp³-hybridized carbons (Fsp3) is 0.389. The molecule has 1 aromatic carbocycles. The van der Waals surface area contributed by atoms with Gasteiger partial charge in [0.2, 0.25) is 0 Å². The lowest BCUT2D eigenvalue weighted by Crippen LogP contribution is -2.35. The number of imide groups is 1. The molecule has 1 heterocycles. The number of amides is 2. The number of rotatable bonds is 7. The minimum atomic E-state index is -0.584. The molecule has 0 bridgehead atoms. The Hall–Kier alpha value is -2.28. The molecule has 0 aromatic heterocycles. The van der Waals surface area contributed by atoms with Crippen molar-refractivity contribution >= 4 is 35.0 Å². The minimum Gasteiger partial charge on any atom is -0.494 e. The smallest absolute Gasteiger partial charge is 0.326 e. The Bertz CT molecular complexity index is 683. The molecule has 6 nitrogen and oxygen atoms in total. The molecule has 25 heavy (non-hydrogen) atoms. The summed E-state index contributed by atoms with van der Waals surface area (Å²) >= 11 is 0.817. The van der Waals surface area contributed by atoms with E-state index in [0.717, 1.165) is 28.0 Å². The van der Waals surface area contributed by atoms with Crippen molar-refractivity contribution in [3.05, 3.63) is 34.7 Å². The molecule has 0 unspecified atom stereocenters. The van der Waals surface area contributed by atoms with Crippen molar-refractivity contribution in [3.8, 4) is 5.75 Å². The lowest BCUT2D eigenvalue weighted by atomic mass is 10.2. The fourth-order valence-electron chi connectivity index (χ4n) is 2.09. The first-order valence-electron chi connectivity index (χ1n) is 8.12. The van der Waals surface area contributed by atoms with Crippen LogP contribution in [0, 0.1) is 0 Å². The molecule has 2 amide bonds. The highest BCUT2D eigenvalue weighted by Crippen LogP contribution is 2.32. The van der Waals surface area contributed by atoms with Gasteiger partial charge >= 0.3 is 5.97 Å². The van der Waals surface area contributed by atoms with E-state index in [4.69, 9.17) is 9.47 Å². The summed E-state index contributed by atoms with van der Waals surface area (Å²) in [6.07, 6.45) is 2.05. The molecule has 0 saturated carbocycles. The average molecular weight is 363 g/mol. The summed E-state index contributed by atoms with van der Waals surface area (Å²) in [5, 5.41) is -0.469. The van der Waals surface area contributed by atoms with Crippen molar-refractivity contribution in [1.29, 1.82) is 0 Å². The SMILES string of the molecule is CCOc1ccc(/C=C2/SC(=O)N(CC(=O)O[C@H](C)CC)C2=O)cc1. The predicted molar refractivity (Wildman–Crippen MR) is 96.1 cm³/mol. The molecule has 134 valence electrons. The van der Waals surface area contributed by atoms with Gasteiger partial charge in [-0.2, -0.15) is 0 Å². The highest BCUT2D eigenvalue weighted by atomic mass is 32.2. The highest BCUT2D eigenvalue weighted by molar-refractivity contribution is 8.18. The Morgan fingerprint density at radius 2 is 1.92 bits per heavy atom. The first kappa shape index (κ1) is 19.1. The molecule has 0 spiro atoms. The first-order valence-corrected chi connectivity index (χ1v) is 8.94. The van der Waals surface area contributed by atoms with Crippen molar-refractivity contribution in [2.24, 2.45) is 0 Å². The van der Waals surface area contributed by atoms with Gasteiger partial charge in [-0.1, -0.05) is 19.1 Å². The molecule has 1 saturated heterocycles. The number of esters is 1. The van der Waals surface area contributed by atoms with Gasteiger partial charge in [0.25, 0.3) is 11.1 Å². The largest absolute Gasteiger partial charge is 0.494 e. The van der Waals surface area contributed by atoms with Crippen LogP contribution in [0.15, 0.2) is 29.2 Å². The lowest BCUT2D eigenvalue weighted by molar-refractivity contribution is -0.150. The Morgan fingerprint density at radius 1 is 1.24 bits per heavy atom. The van der Waals surface area contributed by atoms with Crippen LogP contribution in [0.5, 0.6) is 5.75 Å².